The van der Waals surface area contributed by atoms with E-state index in [1.807, 2.05) is 0 Å². The molecule has 0 amide bonds. The highest BCUT2D eigenvalue weighted by Gasteiger charge is 2.19. The largest absolute Gasteiger partial charge is 0.497 e. The number of rotatable bonds is 2. The van der Waals surface area contributed by atoms with Crippen molar-refractivity contribution < 1.29 is 14.8 Å². The third-order valence-corrected chi connectivity index (χ3v) is 1.63. The summed E-state index contributed by atoms with van der Waals surface area (Å²) in [5.74, 6) is 0.442. The molecular weight excluding hydrogens is 157 g/mol. The van der Waals surface area contributed by atoms with Crippen molar-refractivity contribution in [1.82, 2.24) is 4.98 Å². The second-order valence-corrected chi connectivity index (χ2v) is 2.39. The van der Waals surface area contributed by atoms with Crippen molar-refractivity contribution in [2.75, 3.05) is 7.11 Å². The van der Waals surface area contributed by atoms with Crippen LogP contribution in [0.25, 0.3) is 0 Å². The number of aryl methyl sites for hydroxylation is 1. The summed E-state index contributed by atoms with van der Waals surface area (Å²) < 4.78 is 4.93. The van der Waals surface area contributed by atoms with Gasteiger partial charge in [0.25, 0.3) is 0 Å². The van der Waals surface area contributed by atoms with Gasteiger partial charge in [0.15, 0.2) is 0 Å². The fourth-order valence-electron chi connectivity index (χ4n) is 1.05. The Hall–Kier alpha value is -1.07. The number of pyridine rings is 1. The summed E-state index contributed by atoms with van der Waals surface area (Å²) in [6.07, 6.45) is 1.56. The van der Waals surface area contributed by atoms with Crippen LogP contribution in [0.4, 0.5) is 0 Å². The molecule has 1 aromatic rings. The maximum absolute atomic E-state index is 8.95. The van der Waals surface area contributed by atoms with Gasteiger partial charge in [-0.3, -0.25) is 4.98 Å². The predicted molar refractivity (Wildman–Crippen MR) is 45.4 cm³/mol. The summed E-state index contributed by atoms with van der Waals surface area (Å²) in [5.41, 5.74) is 0.879. The Bertz CT molecular complexity index is 277. The molecule has 0 bridgehead atoms. The molecule has 0 spiro atoms. The third kappa shape index (κ3) is 1.57. The quantitative estimate of drug-likeness (QED) is 0.559. The second-order valence-electron chi connectivity index (χ2n) is 2.39. The van der Waals surface area contributed by atoms with Crippen LogP contribution in [0.5, 0.6) is 5.75 Å². The Morgan fingerprint density at radius 1 is 1.50 bits per heavy atom. The first-order chi connectivity index (χ1) is 5.66. The first-order valence-corrected chi connectivity index (χ1v) is 3.52. The van der Waals surface area contributed by atoms with Gasteiger partial charge in [0.1, 0.15) is 5.75 Å². The molecule has 0 unspecified atom stereocenters. The molecule has 0 aliphatic heterocycles. The van der Waals surface area contributed by atoms with Gasteiger partial charge in [0, 0.05) is 17.4 Å². The molecule has 12 heavy (non-hydrogen) atoms. The monoisotopic (exact) mass is 167 g/mol. The van der Waals surface area contributed by atoms with Crippen molar-refractivity contribution in [3.8, 4) is 5.75 Å². The maximum atomic E-state index is 8.95. The van der Waals surface area contributed by atoms with Crippen molar-refractivity contribution in [3.63, 3.8) is 0 Å². The van der Waals surface area contributed by atoms with E-state index in [2.05, 4.69) is 4.98 Å². The molecular formula is C7H10BNO3. The van der Waals surface area contributed by atoms with Crippen molar-refractivity contribution >= 4 is 12.6 Å². The Morgan fingerprint density at radius 2 is 2.17 bits per heavy atom. The van der Waals surface area contributed by atoms with Crippen LogP contribution in [-0.2, 0) is 0 Å². The summed E-state index contributed by atoms with van der Waals surface area (Å²) in [5, 5.41) is 17.9. The lowest BCUT2D eigenvalue weighted by Crippen LogP contribution is -2.34. The Labute approximate surface area is 71.0 Å². The van der Waals surface area contributed by atoms with Crippen LogP contribution >= 0.6 is 0 Å². The second kappa shape index (κ2) is 3.56. The van der Waals surface area contributed by atoms with Crippen molar-refractivity contribution in [2.45, 2.75) is 6.92 Å². The van der Waals surface area contributed by atoms with E-state index in [0.29, 0.717) is 16.9 Å². The third-order valence-electron chi connectivity index (χ3n) is 1.63. The molecule has 64 valence electrons. The lowest BCUT2D eigenvalue weighted by molar-refractivity contribution is 0.402. The summed E-state index contributed by atoms with van der Waals surface area (Å²) in [7, 11) is -0.0608. The fourth-order valence-corrected chi connectivity index (χ4v) is 1.05. The fraction of sp³-hybridized carbons (Fsp3) is 0.286. The van der Waals surface area contributed by atoms with Crippen LogP contribution in [0.15, 0.2) is 12.3 Å². The molecule has 1 rings (SSSR count). The minimum atomic E-state index is -1.53. The molecule has 5 heteroatoms. The van der Waals surface area contributed by atoms with Gasteiger partial charge in [-0.2, -0.15) is 0 Å². The predicted octanol–water partition coefficient (Wildman–Crippen LogP) is -0.922. The van der Waals surface area contributed by atoms with Crippen LogP contribution in [0.1, 0.15) is 5.69 Å². The molecule has 0 aliphatic carbocycles. The summed E-state index contributed by atoms with van der Waals surface area (Å²) in [6.45, 7) is 1.69. The molecule has 2 N–H and O–H groups in total. The molecule has 1 heterocycles. The lowest BCUT2D eigenvalue weighted by atomic mass is 9.78. The molecule has 0 aliphatic rings. The summed E-state index contributed by atoms with van der Waals surface area (Å²) in [6, 6.07) is 1.59. The molecule has 0 fully saturated rings. The van der Waals surface area contributed by atoms with E-state index < -0.39 is 7.12 Å². The van der Waals surface area contributed by atoms with E-state index >= 15 is 0 Å². The molecule has 4 nitrogen and oxygen atoms in total. The van der Waals surface area contributed by atoms with Crippen LogP contribution in [-0.4, -0.2) is 29.3 Å². The van der Waals surface area contributed by atoms with E-state index in [1.54, 1.807) is 19.2 Å². The van der Waals surface area contributed by atoms with Gasteiger partial charge in [-0.05, 0) is 13.0 Å². The van der Waals surface area contributed by atoms with Gasteiger partial charge in [0.05, 0.1) is 7.11 Å². The molecule has 0 atom stereocenters. The highest BCUT2D eigenvalue weighted by molar-refractivity contribution is 6.60. The maximum Gasteiger partial charge on any atom is 0.494 e. The van der Waals surface area contributed by atoms with E-state index in [1.165, 1.54) is 7.11 Å². The lowest BCUT2D eigenvalue weighted by Gasteiger charge is -2.08. The van der Waals surface area contributed by atoms with Gasteiger partial charge >= 0.3 is 7.12 Å². The molecule has 1 aromatic heterocycles. The zero-order valence-electron chi connectivity index (χ0n) is 6.98. The van der Waals surface area contributed by atoms with Crippen LogP contribution in [0.2, 0.25) is 0 Å². The SMILES string of the molecule is COc1ccnc(C)c1B(O)O. The average molecular weight is 167 g/mol. The molecule has 0 saturated heterocycles. The molecule has 0 radical (unpaired) electrons. The van der Waals surface area contributed by atoms with E-state index in [-0.39, 0.29) is 0 Å². The Morgan fingerprint density at radius 3 is 2.58 bits per heavy atom. The smallest absolute Gasteiger partial charge is 0.494 e. The van der Waals surface area contributed by atoms with Crippen molar-refractivity contribution in [2.24, 2.45) is 0 Å². The standard InChI is InChI=1S/C7H10BNO3/c1-5-7(8(10)11)6(12-2)3-4-9-5/h3-4,10-11H,1-2H3. The van der Waals surface area contributed by atoms with Crippen LogP contribution in [0, 0.1) is 6.92 Å². The van der Waals surface area contributed by atoms with E-state index in [9.17, 15) is 0 Å². The van der Waals surface area contributed by atoms with Crippen molar-refractivity contribution in [3.05, 3.63) is 18.0 Å². The van der Waals surface area contributed by atoms with Crippen molar-refractivity contribution in [1.29, 1.82) is 0 Å². The summed E-state index contributed by atoms with van der Waals surface area (Å²) in [4.78, 5) is 3.91. The highest BCUT2D eigenvalue weighted by atomic mass is 16.5. The normalized spacial score (nSPS) is 9.67. The number of ether oxygens (including phenoxy) is 1. The van der Waals surface area contributed by atoms with Gasteiger partial charge in [-0.25, -0.2) is 0 Å². The minimum Gasteiger partial charge on any atom is -0.497 e. The molecule has 0 saturated carbocycles. The minimum absolute atomic E-state index is 0.319. The Kier molecular flexibility index (Phi) is 2.67. The zero-order chi connectivity index (χ0) is 9.14. The number of hydrogen-bond acceptors (Lipinski definition) is 4. The van der Waals surface area contributed by atoms with Crippen LogP contribution in [0.3, 0.4) is 0 Å². The summed E-state index contributed by atoms with van der Waals surface area (Å²) >= 11 is 0. The number of nitrogens with zero attached hydrogens (tertiary/aromatic N) is 1. The van der Waals surface area contributed by atoms with Gasteiger partial charge < -0.3 is 14.8 Å². The van der Waals surface area contributed by atoms with E-state index in [4.69, 9.17) is 14.8 Å². The first kappa shape index (κ1) is 9.03. The first-order valence-electron chi connectivity index (χ1n) is 3.52. The van der Waals surface area contributed by atoms with E-state index in [0.717, 1.165) is 0 Å². The van der Waals surface area contributed by atoms with Gasteiger partial charge in [-0.1, -0.05) is 0 Å². The number of hydrogen-bond donors (Lipinski definition) is 2. The number of methoxy groups -OCH3 is 1. The molecule has 0 aromatic carbocycles. The van der Waals surface area contributed by atoms with Gasteiger partial charge in [-0.15, -0.1) is 0 Å². The van der Waals surface area contributed by atoms with Gasteiger partial charge in [0.2, 0.25) is 0 Å². The zero-order valence-corrected chi connectivity index (χ0v) is 6.98. The average Bonchev–Trinajstić information content (AvgIpc) is 2.03. The Balaban J connectivity index is 3.20. The number of aromatic nitrogens is 1. The topological polar surface area (TPSA) is 62.6 Å². The highest BCUT2D eigenvalue weighted by Crippen LogP contribution is 2.06. The van der Waals surface area contributed by atoms with Crippen LogP contribution < -0.4 is 10.2 Å².